The Labute approximate surface area is 207 Å². The number of H-pyrrole nitrogens is 1. The fourth-order valence-electron chi connectivity index (χ4n) is 4.07. The van der Waals surface area contributed by atoms with Crippen LogP contribution in [0.5, 0.6) is 0 Å². The van der Waals surface area contributed by atoms with Crippen LogP contribution in [0.15, 0.2) is 73.1 Å². The molecule has 3 amide bonds. The van der Waals surface area contributed by atoms with Gasteiger partial charge in [0.1, 0.15) is 6.10 Å². The lowest BCUT2D eigenvalue weighted by molar-refractivity contribution is -0.124. The van der Waals surface area contributed by atoms with Crippen molar-refractivity contribution in [3.8, 4) is 0 Å². The van der Waals surface area contributed by atoms with Crippen molar-refractivity contribution in [1.82, 2.24) is 15.3 Å². The van der Waals surface area contributed by atoms with E-state index in [1.807, 2.05) is 18.2 Å². The number of rotatable bonds is 7. The summed E-state index contributed by atoms with van der Waals surface area (Å²) in [5.74, 6) is -0.721. The highest BCUT2D eigenvalue weighted by atomic mass is 16.5. The minimum absolute atomic E-state index is 0.156. The minimum atomic E-state index is -0.408. The van der Waals surface area contributed by atoms with E-state index in [2.05, 4.69) is 25.9 Å². The van der Waals surface area contributed by atoms with Crippen molar-refractivity contribution in [2.75, 3.05) is 17.2 Å². The summed E-state index contributed by atoms with van der Waals surface area (Å²) in [5, 5.41) is 8.58. The number of hydrogen-bond acceptors (Lipinski definition) is 5. The molecule has 0 bridgehead atoms. The van der Waals surface area contributed by atoms with Crippen molar-refractivity contribution in [2.24, 2.45) is 0 Å². The van der Waals surface area contributed by atoms with Gasteiger partial charge in [-0.3, -0.25) is 14.4 Å². The molecule has 1 atom stereocenters. The second kappa shape index (κ2) is 10.4. The summed E-state index contributed by atoms with van der Waals surface area (Å²) in [5.41, 5.74) is 4.45. The van der Waals surface area contributed by atoms with Gasteiger partial charge in [-0.05, 0) is 66.9 Å². The standard InChI is InChI=1S/C27H25N5O4/c33-25(28-15-17-4-1-6-20(12-17)32-27(35)24-8-3-11-36-24)18-5-2-7-21(13-18)31-26(34)19-9-10-22-23(14-19)30-16-29-22/h1-2,4-7,9-10,12-14,16,24H,3,8,11,15H2,(H,28,33)(H,29,30)(H,31,34)(H,32,35). The molecule has 9 heteroatoms. The Bertz CT molecular complexity index is 1420. The first-order valence-electron chi connectivity index (χ1n) is 11.7. The number of nitrogens with zero attached hydrogens (tertiary/aromatic N) is 1. The molecule has 9 nitrogen and oxygen atoms in total. The predicted octanol–water partition coefficient (Wildman–Crippen LogP) is 3.86. The van der Waals surface area contributed by atoms with Gasteiger partial charge in [0.15, 0.2) is 0 Å². The average Bonchev–Trinajstić information content (AvgIpc) is 3.60. The van der Waals surface area contributed by atoms with Gasteiger partial charge in [-0.1, -0.05) is 18.2 Å². The molecular weight excluding hydrogens is 458 g/mol. The molecule has 4 aromatic rings. The minimum Gasteiger partial charge on any atom is -0.368 e. The van der Waals surface area contributed by atoms with Gasteiger partial charge in [-0.25, -0.2) is 4.98 Å². The van der Waals surface area contributed by atoms with Gasteiger partial charge in [0.2, 0.25) is 0 Å². The number of nitrogens with one attached hydrogen (secondary N) is 4. The second-order valence-corrected chi connectivity index (χ2v) is 8.54. The van der Waals surface area contributed by atoms with Crippen LogP contribution in [0, 0.1) is 0 Å². The van der Waals surface area contributed by atoms with Gasteiger partial charge in [0, 0.05) is 35.7 Å². The first-order chi connectivity index (χ1) is 17.5. The molecular formula is C27H25N5O4. The maximum absolute atomic E-state index is 12.8. The molecule has 182 valence electrons. The maximum atomic E-state index is 12.8. The molecule has 5 rings (SSSR count). The number of benzene rings is 3. The monoisotopic (exact) mass is 483 g/mol. The molecule has 1 saturated heterocycles. The molecule has 0 radical (unpaired) electrons. The van der Waals surface area contributed by atoms with Crippen molar-refractivity contribution in [3.63, 3.8) is 0 Å². The van der Waals surface area contributed by atoms with Crippen molar-refractivity contribution in [1.29, 1.82) is 0 Å². The van der Waals surface area contributed by atoms with E-state index >= 15 is 0 Å². The van der Waals surface area contributed by atoms with Gasteiger partial charge in [0.05, 0.1) is 17.4 Å². The van der Waals surface area contributed by atoms with Gasteiger partial charge in [-0.2, -0.15) is 0 Å². The van der Waals surface area contributed by atoms with E-state index in [0.29, 0.717) is 29.1 Å². The second-order valence-electron chi connectivity index (χ2n) is 8.54. The third-order valence-electron chi connectivity index (χ3n) is 5.93. The molecule has 1 aliphatic heterocycles. The number of carbonyl (C=O) groups is 3. The number of anilines is 2. The van der Waals surface area contributed by atoms with Gasteiger partial charge >= 0.3 is 0 Å². The number of imidazole rings is 1. The Morgan fingerprint density at radius 2 is 1.72 bits per heavy atom. The molecule has 1 unspecified atom stereocenters. The average molecular weight is 484 g/mol. The van der Waals surface area contributed by atoms with E-state index in [1.165, 1.54) is 0 Å². The third kappa shape index (κ3) is 5.42. The maximum Gasteiger partial charge on any atom is 0.255 e. The Morgan fingerprint density at radius 1 is 0.917 bits per heavy atom. The largest absolute Gasteiger partial charge is 0.368 e. The van der Waals surface area contributed by atoms with Crippen LogP contribution in [0.2, 0.25) is 0 Å². The number of aromatic amines is 1. The Balaban J connectivity index is 1.18. The van der Waals surface area contributed by atoms with Gasteiger partial charge in [-0.15, -0.1) is 0 Å². The highest BCUT2D eigenvalue weighted by molar-refractivity contribution is 6.06. The molecule has 1 aliphatic rings. The highest BCUT2D eigenvalue weighted by Crippen LogP contribution is 2.18. The van der Waals surface area contributed by atoms with Crippen molar-refractivity contribution in [3.05, 3.63) is 89.7 Å². The number of hydrogen-bond donors (Lipinski definition) is 4. The lowest BCUT2D eigenvalue weighted by Crippen LogP contribution is -2.27. The van der Waals surface area contributed by atoms with Crippen LogP contribution < -0.4 is 16.0 Å². The summed E-state index contributed by atoms with van der Waals surface area (Å²) in [6, 6.07) is 19.3. The Kier molecular flexibility index (Phi) is 6.72. The first-order valence-corrected chi connectivity index (χ1v) is 11.7. The van der Waals surface area contributed by atoms with E-state index in [1.54, 1.807) is 54.9 Å². The first kappa shape index (κ1) is 23.3. The summed E-state index contributed by atoms with van der Waals surface area (Å²) in [4.78, 5) is 44.9. The highest BCUT2D eigenvalue weighted by Gasteiger charge is 2.23. The molecule has 2 heterocycles. The number of carbonyl (C=O) groups excluding carboxylic acids is 3. The molecule has 0 saturated carbocycles. The molecule has 1 aromatic heterocycles. The summed E-state index contributed by atoms with van der Waals surface area (Å²) in [6.45, 7) is 0.888. The molecule has 1 fully saturated rings. The van der Waals surface area contributed by atoms with Crippen LogP contribution in [-0.4, -0.2) is 40.4 Å². The molecule has 0 spiro atoms. The Morgan fingerprint density at radius 3 is 2.56 bits per heavy atom. The van der Waals surface area contributed by atoms with Crippen LogP contribution in [-0.2, 0) is 16.1 Å². The summed E-state index contributed by atoms with van der Waals surface area (Å²) in [6.07, 6.45) is 2.78. The number of amides is 3. The molecule has 3 aromatic carbocycles. The van der Waals surface area contributed by atoms with Gasteiger partial charge < -0.3 is 25.7 Å². The van der Waals surface area contributed by atoms with Crippen molar-refractivity contribution >= 4 is 40.1 Å². The molecule has 4 N–H and O–H groups in total. The van der Waals surface area contributed by atoms with Crippen LogP contribution >= 0.6 is 0 Å². The fourth-order valence-corrected chi connectivity index (χ4v) is 4.07. The lowest BCUT2D eigenvalue weighted by atomic mass is 10.1. The summed E-state index contributed by atoms with van der Waals surface area (Å²) < 4.78 is 5.42. The zero-order valence-corrected chi connectivity index (χ0v) is 19.4. The van der Waals surface area contributed by atoms with E-state index in [0.717, 1.165) is 29.4 Å². The van der Waals surface area contributed by atoms with E-state index < -0.39 is 6.10 Å². The fraction of sp³-hybridized carbons (Fsp3) is 0.185. The zero-order chi connectivity index (χ0) is 24.9. The SMILES string of the molecule is O=C(NCc1cccc(NC(=O)C2CCCO2)c1)c1cccc(NC(=O)c2ccc3nc[nH]c3c2)c1. The summed E-state index contributed by atoms with van der Waals surface area (Å²) in [7, 11) is 0. The van der Waals surface area contributed by atoms with E-state index in [-0.39, 0.29) is 24.3 Å². The smallest absolute Gasteiger partial charge is 0.255 e. The normalized spacial score (nSPS) is 14.9. The third-order valence-corrected chi connectivity index (χ3v) is 5.93. The number of fused-ring (bicyclic) bond motifs is 1. The molecule has 0 aliphatic carbocycles. The van der Waals surface area contributed by atoms with Crippen molar-refractivity contribution < 1.29 is 19.1 Å². The van der Waals surface area contributed by atoms with Crippen LogP contribution in [0.1, 0.15) is 39.1 Å². The van der Waals surface area contributed by atoms with Crippen LogP contribution in [0.3, 0.4) is 0 Å². The summed E-state index contributed by atoms with van der Waals surface area (Å²) >= 11 is 0. The number of aromatic nitrogens is 2. The van der Waals surface area contributed by atoms with Crippen LogP contribution in [0.25, 0.3) is 11.0 Å². The zero-order valence-electron chi connectivity index (χ0n) is 19.4. The predicted molar refractivity (Wildman–Crippen MR) is 136 cm³/mol. The Hall–Kier alpha value is -4.50. The van der Waals surface area contributed by atoms with Crippen LogP contribution in [0.4, 0.5) is 11.4 Å². The van der Waals surface area contributed by atoms with E-state index in [9.17, 15) is 14.4 Å². The lowest BCUT2D eigenvalue weighted by Gasteiger charge is -2.12. The van der Waals surface area contributed by atoms with Crippen molar-refractivity contribution in [2.45, 2.75) is 25.5 Å². The molecule has 36 heavy (non-hydrogen) atoms. The number of ether oxygens (including phenoxy) is 1. The topological polar surface area (TPSA) is 125 Å². The quantitative estimate of drug-likeness (QED) is 0.318. The van der Waals surface area contributed by atoms with Gasteiger partial charge in [0.25, 0.3) is 17.7 Å². The van der Waals surface area contributed by atoms with E-state index in [4.69, 9.17) is 4.74 Å².